The predicted molar refractivity (Wildman–Crippen MR) is 258 cm³/mol. The summed E-state index contributed by atoms with van der Waals surface area (Å²) in [5, 5.41) is 50.2. The summed E-state index contributed by atoms with van der Waals surface area (Å²) in [4.78, 5) is 35.7. The first-order valence-electron chi connectivity index (χ1n) is 24.0. The van der Waals surface area contributed by atoms with Crippen molar-refractivity contribution in [2.24, 2.45) is 0 Å². The fraction of sp³-hybridized carbons (Fsp3) is 0.647. The lowest BCUT2D eigenvalue weighted by Gasteiger charge is -2.41. The van der Waals surface area contributed by atoms with E-state index in [-0.39, 0.29) is 12.8 Å². The zero-order valence-electron chi connectivity index (χ0n) is 39.2. The lowest BCUT2D eigenvalue weighted by molar-refractivity contribution is -0.220. The van der Waals surface area contributed by atoms with E-state index in [1.54, 1.807) is 0 Å². The second-order valence-corrected chi connectivity index (χ2v) is 17.7. The maximum Gasteiger partial charge on any atom is 0.472 e. The average molecular weight is 935 g/mol. The minimum absolute atomic E-state index is 0.00407. The van der Waals surface area contributed by atoms with Crippen LogP contribution in [0.15, 0.2) is 97.2 Å². The largest absolute Gasteiger partial charge is 0.472 e. The van der Waals surface area contributed by atoms with E-state index in [0.29, 0.717) is 25.7 Å². The van der Waals surface area contributed by atoms with Gasteiger partial charge < -0.3 is 39.9 Å². The van der Waals surface area contributed by atoms with Gasteiger partial charge in [-0.15, -0.1) is 0 Å². The third-order valence-corrected chi connectivity index (χ3v) is 11.4. The number of allylic oxidation sites excluding steroid dienone is 16. The Kier molecular flexibility index (Phi) is 36.7. The third-order valence-electron chi connectivity index (χ3n) is 10.4. The van der Waals surface area contributed by atoms with E-state index in [1.165, 1.54) is 57.8 Å². The van der Waals surface area contributed by atoms with Gasteiger partial charge in [0.2, 0.25) is 0 Å². The maximum atomic E-state index is 12.8. The van der Waals surface area contributed by atoms with Gasteiger partial charge in [0.1, 0.15) is 43.2 Å². The van der Waals surface area contributed by atoms with Crippen LogP contribution >= 0.6 is 7.82 Å². The Labute approximate surface area is 390 Å². The van der Waals surface area contributed by atoms with Gasteiger partial charge in [-0.05, 0) is 83.5 Å². The van der Waals surface area contributed by atoms with Crippen LogP contribution in [0.5, 0.6) is 0 Å². The van der Waals surface area contributed by atoms with Crippen LogP contribution in [0.3, 0.4) is 0 Å². The highest BCUT2D eigenvalue weighted by atomic mass is 31.2. The van der Waals surface area contributed by atoms with Gasteiger partial charge in [-0.3, -0.25) is 18.6 Å². The molecule has 13 nitrogen and oxygen atoms in total. The molecule has 0 heterocycles. The van der Waals surface area contributed by atoms with Crippen LogP contribution in [0, 0.1) is 0 Å². The molecule has 6 N–H and O–H groups in total. The smallest absolute Gasteiger partial charge is 0.462 e. The Morgan fingerprint density at radius 1 is 0.477 bits per heavy atom. The molecule has 0 saturated heterocycles. The molecule has 1 aliphatic rings. The van der Waals surface area contributed by atoms with Crippen LogP contribution in [-0.4, -0.2) is 98.3 Å². The maximum absolute atomic E-state index is 12.8. The predicted octanol–water partition coefficient (Wildman–Crippen LogP) is 9.83. The lowest BCUT2D eigenvalue weighted by atomic mass is 9.85. The fourth-order valence-corrected chi connectivity index (χ4v) is 7.49. The van der Waals surface area contributed by atoms with E-state index in [2.05, 4.69) is 80.7 Å². The van der Waals surface area contributed by atoms with Crippen molar-refractivity contribution in [2.45, 2.75) is 198 Å². The minimum atomic E-state index is -5.16. The molecule has 1 aliphatic carbocycles. The van der Waals surface area contributed by atoms with Crippen molar-refractivity contribution in [3.63, 3.8) is 0 Å². The molecule has 0 bridgehead atoms. The zero-order valence-corrected chi connectivity index (χ0v) is 40.1. The molecular formula is C51H83O13P. The summed E-state index contributed by atoms with van der Waals surface area (Å²) in [6, 6.07) is 0. The summed E-state index contributed by atoms with van der Waals surface area (Å²) in [5.41, 5.74) is 0. The summed E-state index contributed by atoms with van der Waals surface area (Å²) < 4.78 is 33.4. The molecule has 370 valence electrons. The number of unbranched alkanes of at least 4 members (excludes halogenated alkanes) is 10. The highest BCUT2D eigenvalue weighted by Gasteiger charge is 2.51. The zero-order chi connectivity index (χ0) is 47.8. The fourth-order valence-electron chi connectivity index (χ4n) is 6.52. The quantitative estimate of drug-likeness (QED) is 0.0148. The van der Waals surface area contributed by atoms with Crippen molar-refractivity contribution in [1.29, 1.82) is 0 Å². The van der Waals surface area contributed by atoms with E-state index in [0.717, 1.165) is 44.9 Å². The van der Waals surface area contributed by atoms with Gasteiger partial charge in [-0.2, -0.15) is 0 Å². The van der Waals surface area contributed by atoms with Crippen LogP contribution in [-0.2, 0) is 32.7 Å². The molecule has 6 unspecified atom stereocenters. The topological polar surface area (TPSA) is 210 Å². The third kappa shape index (κ3) is 32.2. The van der Waals surface area contributed by atoms with E-state index in [9.17, 15) is 44.6 Å². The molecule has 0 amide bonds. The Morgan fingerprint density at radius 2 is 0.862 bits per heavy atom. The first kappa shape index (κ1) is 59.8. The molecule has 0 aromatic rings. The Hall–Kier alpha value is -3.23. The molecule has 0 aromatic heterocycles. The van der Waals surface area contributed by atoms with E-state index in [1.807, 2.05) is 30.4 Å². The van der Waals surface area contributed by atoms with Gasteiger partial charge in [0.05, 0.1) is 6.61 Å². The van der Waals surface area contributed by atoms with Crippen molar-refractivity contribution in [2.75, 3.05) is 13.2 Å². The molecular weight excluding hydrogens is 852 g/mol. The van der Waals surface area contributed by atoms with Gasteiger partial charge in [-0.1, -0.05) is 156 Å². The van der Waals surface area contributed by atoms with Gasteiger partial charge >= 0.3 is 19.8 Å². The monoisotopic (exact) mass is 935 g/mol. The number of hydrogen-bond acceptors (Lipinski definition) is 12. The minimum Gasteiger partial charge on any atom is -0.462 e. The summed E-state index contributed by atoms with van der Waals surface area (Å²) in [6.07, 6.45) is 40.5. The first-order valence-corrected chi connectivity index (χ1v) is 25.5. The summed E-state index contributed by atoms with van der Waals surface area (Å²) in [7, 11) is -5.16. The molecule has 1 fully saturated rings. The first-order chi connectivity index (χ1) is 31.4. The number of phosphoric ester groups is 1. The molecule has 0 radical (unpaired) electrons. The summed E-state index contributed by atoms with van der Waals surface area (Å²) in [5.74, 6) is -1.27. The van der Waals surface area contributed by atoms with E-state index < -0.39 is 75.7 Å². The molecule has 8 atom stereocenters. The Morgan fingerprint density at radius 3 is 1.35 bits per heavy atom. The number of carbonyl (C=O) groups is 2. The second-order valence-electron chi connectivity index (χ2n) is 16.3. The highest BCUT2D eigenvalue weighted by molar-refractivity contribution is 7.47. The normalized spacial score (nSPS) is 22.3. The summed E-state index contributed by atoms with van der Waals surface area (Å²) in [6.45, 7) is 3.15. The number of phosphoric acid groups is 1. The van der Waals surface area contributed by atoms with Crippen LogP contribution < -0.4 is 0 Å². The molecule has 65 heavy (non-hydrogen) atoms. The number of ether oxygens (including phenoxy) is 2. The molecule has 14 heteroatoms. The van der Waals surface area contributed by atoms with Gasteiger partial charge in [-0.25, -0.2) is 4.57 Å². The SMILES string of the molecule is CCCCC/C=C/C/C=C/C/C=C/C/C=C/C/C=C/CCC(=O)OC[C@@H](COP(=O)(O)OC1C(O)C(O)C(O)[C@H](O)C1O)OC(=O)CCC/C=C/C/C=C/C/C=C/CCCCCCCC. The molecule has 1 rings (SSSR count). The van der Waals surface area contributed by atoms with Crippen molar-refractivity contribution in [3.05, 3.63) is 97.2 Å². The second kappa shape index (κ2) is 39.9. The van der Waals surface area contributed by atoms with Gasteiger partial charge in [0.25, 0.3) is 0 Å². The van der Waals surface area contributed by atoms with Crippen molar-refractivity contribution in [3.8, 4) is 0 Å². The van der Waals surface area contributed by atoms with E-state index in [4.69, 9.17) is 18.5 Å². The number of carbonyl (C=O) groups excluding carboxylic acids is 2. The Balaban J connectivity index is 2.55. The van der Waals surface area contributed by atoms with E-state index >= 15 is 0 Å². The van der Waals surface area contributed by atoms with Crippen LogP contribution in [0.1, 0.15) is 155 Å². The molecule has 0 spiro atoms. The van der Waals surface area contributed by atoms with Crippen LogP contribution in [0.2, 0.25) is 0 Å². The number of hydrogen-bond donors (Lipinski definition) is 6. The lowest BCUT2D eigenvalue weighted by Crippen LogP contribution is -2.64. The van der Waals surface area contributed by atoms with Gasteiger partial charge in [0.15, 0.2) is 6.10 Å². The highest BCUT2D eigenvalue weighted by Crippen LogP contribution is 2.47. The van der Waals surface area contributed by atoms with Crippen molar-refractivity contribution in [1.82, 2.24) is 0 Å². The molecule has 0 aliphatic heterocycles. The number of rotatable bonds is 38. The number of aliphatic hydroxyl groups excluding tert-OH is 5. The summed E-state index contributed by atoms with van der Waals surface area (Å²) >= 11 is 0. The number of esters is 2. The van der Waals surface area contributed by atoms with Crippen molar-refractivity contribution >= 4 is 19.8 Å². The Bertz CT molecular complexity index is 1500. The molecule has 1 saturated carbocycles. The van der Waals surface area contributed by atoms with Gasteiger partial charge in [0, 0.05) is 12.8 Å². The van der Waals surface area contributed by atoms with Crippen molar-refractivity contribution < 1.29 is 63.1 Å². The standard InChI is InChI=1S/C51H83O13P/c1-3-5-7-9-11-13-15-17-19-21-22-24-25-27-29-31-33-35-37-39-44(52)61-41-43(42-62-65(59,60)64-51-49(57)47(55)46(54)48(56)50(51)58)63-45(53)40-38-36-34-32-30-28-26-23-20-18-16-14-12-10-8-6-4-2/h11,13,17-20,22,24,26-29,32-35,43,46-51,54-58H,3-10,12,14-16,21,23,25,30-31,36-42H2,1-2H3,(H,59,60)/b13-11+,19-17+,20-18+,24-22+,28-26+,29-27+,34-32+,35-33+/t43-,46?,47-,48?,49?,50?,51?/m0/s1. The van der Waals surface area contributed by atoms with Crippen LogP contribution in [0.25, 0.3) is 0 Å². The average Bonchev–Trinajstić information content (AvgIpc) is 3.29. The van der Waals surface area contributed by atoms with Crippen LogP contribution in [0.4, 0.5) is 0 Å². The molecule has 0 aromatic carbocycles. The number of aliphatic hydroxyl groups is 5.